The van der Waals surface area contributed by atoms with E-state index in [0.717, 1.165) is 18.4 Å². The molecule has 0 aliphatic carbocycles. The van der Waals surface area contributed by atoms with Crippen molar-refractivity contribution >= 4 is 29.4 Å². The fourth-order valence-electron chi connectivity index (χ4n) is 5.23. The molecule has 0 radical (unpaired) electrons. The highest BCUT2D eigenvalue weighted by Gasteiger charge is 2.28. The van der Waals surface area contributed by atoms with Gasteiger partial charge in [0.05, 0.1) is 25.7 Å². The van der Waals surface area contributed by atoms with Crippen LogP contribution in [0.4, 0.5) is 5.69 Å². The summed E-state index contributed by atoms with van der Waals surface area (Å²) >= 11 is 0. The zero-order valence-corrected chi connectivity index (χ0v) is 28.7. The minimum atomic E-state index is -1.16. The maximum absolute atomic E-state index is 13.2. The molecule has 4 rings (SSSR count). The molecule has 0 aliphatic rings. The summed E-state index contributed by atoms with van der Waals surface area (Å²) < 4.78 is 16.4. The van der Waals surface area contributed by atoms with E-state index in [4.69, 9.17) is 14.2 Å². The van der Waals surface area contributed by atoms with Crippen molar-refractivity contribution in [2.24, 2.45) is 0 Å². The quantitative estimate of drug-likeness (QED) is 0.0640. The van der Waals surface area contributed by atoms with Gasteiger partial charge in [-0.3, -0.25) is 9.59 Å². The molecular formula is C40H44N2O8. The lowest BCUT2D eigenvalue weighted by atomic mass is 10.0. The Balaban J connectivity index is 1.27. The molecule has 50 heavy (non-hydrogen) atoms. The molecule has 2 N–H and O–H groups in total. The third-order valence-corrected chi connectivity index (χ3v) is 8.18. The van der Waals surface area contributed by atoms with E-state index in [1.165, 1.54) is 31.2 Å². The van der Waals surface area contributed by atoms with Crippen molar-refractivity contribution in [2.75, 3.05) is 26.1 Å². The molecule has 1 atom stereocenters. The summed E-state index contributed by atoms with van der Waals surface area (Å²) in [5.74, 6) is -0.696. The van der Waals surface area contributed by atoms with Gasteiger partial charge in [-0.2, -0.15) is 0 Å². The van der Waals surface area contributed by atoms with Gasteiger partial charge in [0, 0.05) is 24.7 Å². The summed E-state index contributed by atoms with van der Waals surface area (Å²) in [6, 6.07) is 25.6. The number of benzene rings is 4. The second-order valence-corrected chi connectivity index (χ2v) is 11.9. The monoisotopic (exact) mass is 680 g/mol. The summed E-state index contributed by atoms with van der Waals surface area (Å²) in [4.78, 5) is 51.8. The third-order valence-electron chi connectivity index (χ3n) is 8.18. The Morgan fingerprint density at radius 3 is 1.92 bits per heavy atom. The molecular weight excluding hydrogens is 636 g/mol. The van der Waals surface area contributed by atoms with Crippen LogP contribution in [0.5, 0.6) is 17.2 Å². The number of likely N-dealkylation sites (N-methyl/N-ethyl adjacent to an activating group) is 1. The van der Waals surface area contributed by atoms with Gasteiger partial charge in [0.25, 0.3) is 5.91 Å². The van der Waals surface area contributed by atoms with Crippen molar-refractivity contribution in [3.05, 3.63) is 119 Å². The van der Waals surface area contributed by atoms with Crippen LogP contribution in [-0.4, -0.2) is 60.6 Å². The van der Waals surface area contributed by atoms with E-state index in [9.17, 15) is 24.3 Å². The number of rotatable bonds is 18. The van der Waals surface area contributed by atoms with Gasteiger partial charge in [-0.05, 0) is 90.3 Å². The van der Waals surface area contributed by atoms with Gasteiger partial charge in [0.15, 0.2) is 0 Å². The molecule has 4 aromatic carbocycles. The molecule has 0 aromatic heterocycles. The van der Waals surface area contributed by atoms with Crippen LogP contribution in [0.3, 0.4) is 0 Å². The molecule has 0 saturated carbocycles. The lowest BCUT2D eigenvalue weighted by molar-refractivity contribution is -0.141. The molecule has 2 amide bonds. The van der Waals surface area contributed by atoms with E-state index in [-0.39, 0.29) is 24.3 Å². The fourth-order valence-corrected chi connectivity index (χ4v) is 5.23. The smallest absolute Gasteiger partial charge is 0.343 e. The number of hydrogen-bond donors (Lipinski definition) is 2. The number of carbonyl (C=O) groups is 4. The molecule has 0 heterocycles. The van der Waals surface area contributed by atoms with Gasteiger partial charge in [0.1, 0.15) is 23.3 Å². The van der Waals surface area contributed by atoms with Crippen LogP contribution >= 0.6 is 0 Å². The van der Waals surface area contributed by atoms with Crippen molar-refractivity contribution in [2.45, 2.75) is 57.9 Å². The van der Waals surface area contributed by atoms with Crippen molar-refractivity contribution in [1.29, 1.82) is 0 Å². The SMILES string of the molecule is CCCCCCCOc1ccc(C(=O)Oc2ccc(C[C@@H](C(=O)O)N(C)C(=O)c3ccc(NC(=O)Cc4ccc(OC)cc4)cc3)cc2)cc1. The highest BCUT2D eigenvalue weighted by atomic mass is 16.5. The van der Waals surface area contributed by atoms with Crippen molar-refractivity contribution in [3.63, 3.8) is 0 Å². The first-order chi connectivity index (χ1) is 24.2. The Hall–Kier alpha value is -5.64. The Morgan fingerprint density at radius 2 is 1.30 bits per heavy atom. The molecule has 0 bridgehead atoms. The predicted octanol–water partition coefficient (Wildman–Crippen LogP) is 7.21. The first-order valence-corrected chi connectivity index (χ1v) is 16.7. The number of carboxylic acids is 1. The lowest BCUT2D eigenvalue weighted by Crippen LogP contribution is -2.43. The van der Waals surface area contributed by atoms with E-state index >= 15 is 0 Å². The summed E-state index contributed by atoms with van der Waals surface area (Å²) in [5.41, 5.74) is 2.62. The number of carboxylic acid groups (broad SMARTS) is 1. The number of nitrogens with one attached hydrogen (secondary N) is 1. The summed E-state index contributed by atoms with van der Waals surface area (Å²) in [6.45, 7) is 2.81. The number of carbonyl (C=O) groups excluding carboxylic acids is 3. The number of hydrogen-bond acceptors (Lipinski definition) is 7. The molecule has 4 aromatic rings. The molecule has 0 spiro atoms. The Kier molecular flexibility index (Phi) is 14.0. The molecule has 10 heteroatoms. The molecule has 0 unspecified atom stereocenters. The van der Waals surface area contributed by atoms with Crippen LogP contribution in [0, 0.1) is 0 Å². The fraction of sp³-hybridized carbons (Fsp3) is 0.300. The van der Waals surface area contributed by atoms with Crippen LogP contribution in [0.25, 0.3) is 0 Å². The summed E-state index contributed by atoms with van der Waals surface area (Å²) in [5, 5.41) is 12.8. The van der Waals surface area contributed by atoms with E-state index < -0.39 is 23.9 Å². The number of esters is 1. The second-order valence-electron chi connectivity index (χ2n) is 11.9. The number of ether oxygens (including phenoxy) is 3. The normalized spacial score (nSPS) is 11.3. The van der Waals surface area contributed by atoms with Crippen LogP contribution in [0.15, 0.2) is 97.1 Å². The summed E-state index contributed by atoms with van der Waals surface area (Å²) in [7, 11) is 3.01. The zero-order valence-electron chi connectivity index (χ0n) is 28.7. The maximum Gasteiger partial charge on any atom is 0.343 e. The first kappa shape index (κ1) is 37.2. The van der Waals surface area contributed by atoms with Crippen molar-refractivity contribution in [3.8, 4) is 17.2 Å². The van der Waals surface area contributed by atoms with Gasteiger partial charge in [-0.1, -0.05) is 56.9 Å². The molecule has 0 fully saturated rings. The van der Waals surface area contributed by atoms with Crippen LogP contribution < -0.4 is 19.5 Å². The van der Waals surface area contributed by atoms with E-state index in [1.807, 2.05) is 12.1 Å². The molecule has 0 aliphatic heterocycles. The van der Waals surface area contributed by atoms with Gasteiger partial charge < -0.3 is 29.5 Å². The number of aliphatic carboxylic acids is 1. The first-order valence-electron chi connectivity index (χ1n) is 16.7. The molecule has 10 nitrogen and oxygen atoms in total. The van der Waals surface area contributed by atoms with Crippen LogP contribution in [0.1, 0.15) is 70.9 Å². The Labute approximate surface area is 293 Å². The highest BCUT2D eigenvalue weighted by molar-refractivity contribution is 5.98. The third kappa shape index (κ3) is 11.2. The van der Waals surface area contributed by atoms with Gasteiger partial charge in [-0.25, -0.2) is 9.59 Å². The standard InChI is InChI=1S/C40H44N2O8/c1-4-5-6-7-8-25-49-34-23-15-31(16-24-34)40(47)50-35-21-11-28(12-22-35)26-36(39(45)46)42(2)38(44)30-13-17-32(18-14-30)41-37(43)27-29-9-19-33(48-3)20-10-29/h9-24,36H,4-8,25-27H2,1-3H3,(H,41,43)(H,45,46)/t36-/m0/s1. The van der Waals surface area contributed by atoms with E-state index in [1.54, 1.807) is 92.0 Å². The number of nitrogens with zero attached hydrogens (tertiary/aromatic N) is 1. The van der Waals surface area contributed by atoms with Gasteiger partial charge in [-0.15, -0.1) is 0 Å². The van der Waals surface area contributed by atoms with Gasteiger partial charge in [0.2, 0.25) is 5.91 Å². The minimum absolute atomic E-state index is 0.0331. The predicted molar refractivity (Wildman–Crippen MR) is 191 cm³/mol. The van der Waals surface area contributed by atoms with Crippen molar-refractivity contribution in [1.82, 2.24) is 4.90 Å². The number of unbranched alkanes of at least 4 members (excludes halogenated alkanes) is 4. The zero-order chi connectivity index (χ0) is 35.9. The number of methoxy groups -OCH3 is 1. The molecule has 262 valence electrons. The number of anilines is 1. The molecule has 0 saturated heterocycles. The Morgan fingerprint density at radius 1 is 0.720 bits per heavy atom. The van der Waals surface area contributed by atoms with Crippen molar-refractivity contribution < 1.29 is 38.5 Å². The van der Waals surface area contributed by atoms with Crippen LogP contribution in [0.2, 0.25) is 0 Å². The average molecular weight is 681 g/mol. The van der Waals surface area contributed by atoms with Gasteiger partial charge >= 0.3 is 11.9 Å². The lowest BCUT2D eigenvalue weighted by Gasteiger charge is -2.25. The van der Waals surface area contributed by atoms with Crippen LogP contribution in [-0.2, 0) is 22.4 Å². The minimum Gasteiger partial charge on any atom is -0.497 e. The maximum atomic E-state index is 13.2. The summed E-state index contributed by atoms with van der Waals surface area (Å²) in [6.07, 6.45) is 5.96. The average Bonchev–Trinajstić information content (AvgIpc) is 3.13. The number of amides is 2. The topological polar surface area (TPSA) is 131 Å². The Bertz CT molecular complexity index is 1700. The van der Waals surface area contributed by atoms with E-state index in [0.29, 0.717) is 40.7 Å². The second kappa shape index (κ2) is 18.8. The van der Waals surface area contributed by atoms with E-state index in [2.05, 4.69) is 12.2 Å². The highest BCUT2D eigenvalue weighted by Crippen LogP contribution is 2.20. The largest absolute Gasteiger partial charge is 0.497 e.